The van der Waals surface area contributed by atoms with Crippen molar-refractivity contribution < 1.29 is 19.1 Å². The fourth-order valence-corrected chi connectivity index (χ4v) is 4.27. The Bertz CT molecular complexity index is 808. The van der Waals surface area contributed by atoms with E-state index in [1.54, 1.807) is 12.1 Å². The van der Waals surface area contributed by atoms with Crippen molar-refractivity contribution >= 4 is 17.5 Å². The average molecular weight is 369 g/mol. The Morgan fingerprint density at radius 2 is 1.89 bits per heavy atom. The first-order chi connectivity index (χ1) is 12.9. The minimum absolute atomic E-state index is 0.135. The van der Waals surface area contributed by atoms with Crippen LogP contribution < -0.4 is 0 Å². The molecule has 1 aromatic carbocycles. The van der Waals surface area contributed by atoms with Gasteiger partial charge in [0.15, 0.2) is 11.6 Å². The van der Waals surface area contributed by atoms with Crippen molar-refractivity contribution in [3.63, 3.8) is 0 Å². The second-order valence-corrected chi connectivity index (χ2v) is 7.45. The van der Waals surface area contributed by atoms with Gasteiger partial charge in [0.25, 0.3) is 0 Å². The first-order valence-corrected chi connectivity index (χ1v) is 9.70. The standard InChI is InChI=1S/C22H27NO4/c1-5-14-12-23(6-2)21(22(26)27-13(3)4)20-16-10-8-7-9-15(16)17(24)11-18(25)19(14)20/h7-10,13,20-21H,5-6,11-12H2,1-4H3. The fraction of sp³-hybridized carbons (Fsp3) is 0.500. The number of ketones is 2. The molecule has 2 atom stereocenters. The smallest absolute Gasteiger partial charge is 0.324 e. The maximum absolute atomic E-state index is 13.1. The summed E-state index contributed by atoms with van der Waals surface area (Å²) in [5.74, 6) is -1.13. The molecule has 0 N–H and O–H groups in total. The van der Waals surface area contributed by atoms with E-state index in [1.165, 1.54) is 0 Å². The van der Waals surface area contributed by atoms with Crippen LogP contribution in [0.2, 0.25) is 0 Å². The molecule has 0 amide bonds. The van der Waals surface area contributed by atoms with Crippen LogP contribution >= 0.6 is 0 Å². The Hall–Kier alpha value is -2.27. The maximum Gasteiger partial charge on any atom is 0.324 e. The molecule has 5 heteroatoms. The quantitative estimate of drug-likeness (QED) is 0.602. The predicted molar refractivity (Wildman–Crippen MR) is 103 cm³/mol. The van der Waals surface area contributed by atoms with E-state index in [0.29, 0.717) is 24.2 Å². The van der Waals surface area contributed by atoms with E-state index in [9.17, 15) is 14.4 Å². The Morgan fingerprint density at radius 3 is 2.52 bits per heavy atom. The minimum atomic E-state index is -0.598. The second kappa shape index (κ2) is 7.77. The third-order valence-electron chi connectivity index (χ3n) is 5.44. The Kier molecular flexibility index (Phi) is 5.61. The molecule has 3 rings (SSSR count). The minimum Gasteiger partial charge on any atom is -0.462 e. The molecule has 2 aliphatic rings. The lowest BCUT2D eigenvalue weighted by atomic mass is 9.76. The lowest BCUT2D eigenvalue weighted by molar-refractivity contribution is -0.154. The first kappa shape index (κ1) is 19.5. The SMILES string of the molecule is CCC1=C2C(=O)CC(=O)c3ccccc3C2C(C(=O)OC(C)C)N(CC)C1. The molecule has 144 valence electrons. The summed E-state index contributed by atoms with van der Waals surface area (Å²) in [7, 11) is 0. The Labute approximate surface area is 160 Å². The zero-order valence-electron chi connectivity index (χ0n) is 16.5. The number of Topliss-reactive ketones (excluding diaryl/α,β-unsaturated/α-hetero) is 2. The lowest BCUT2D eigenvalue weighted by Crippen LogP contribution is -2.51. The highest BCUT2D eigenvalue weighted by molar-refractivity contribution is 6.17. The van der Waals surface area contributed by atoms with Gasteiger partial charge in [-0.1, -0.05) is 38.1 Å². The third-order valence-corrected chi connectivity index (χ3v) is 5.44. The summed E-state index contributed by atoms with van der Waals surface area (Å²) in [6.45, 7) is 8.88. The molecule has 0 aromatic heterocycles. The fourth-order valence-electron chi connectivity index (χ4n) is 4.27. The largest absolute Gasteiger partial charge is 0.462 e. The molecule has 1 aliphatic carbocycles. The molecule has 1 aliphatic heterocycles. The van der Waals surface area contributed by atoms with E-state index in [2.05, 4.69) is 4.90 Å². The number of fused-ring (bicyclic) bond motifs is 3. The number of hydrogen-bond acceptors (Lipinski definition) is 5. The van der Waals surface area contributed by atoms with Gasteiger partial charge in [-0.05, 0) is 37.9 Å². The molecule has 0 bridgehead atoms. The molecule has 5 nitrogen and oxygen atoms in total. The van der Waals surface area contributed by atoms with Crippen molar-refractivity contribution in [1.29, 1.82) is 0 Å². The van der Waals surface area contributed by atoms with Crippen molar-refractivity contribution in [2.24, 2.45) is 0 Å². The zero-order chi connectivity index (χ0) is 19.7. The van der Waals surface area contributed by atoms with E-state index in [1.807, 2.05) is 39.8 Å². The van der Waals surface area contributed by atoms with Crippen LogP contribution in [0.15, 0.2) is 35.4 Å². The molecule has 1 heterocycles. The van der Waals surface area contributed by atoms with E-state index in [4.69, 9.17) is 4.74 Å². The van der Waals surface area contributed by atoms with Gasteiger partial charge in [0, 0.05) is 23.6 Å². The van der Waals surface area contributed by atoms with Crippen LogP contribution in [0.5, 0.6) is 0 Å². The predicted octanol–water partition coefficient (Wildman–Crippen LogP) is 3.29. The highest BCUT2D eigenvalue weighted by Crippen LogP contribution is 2.43. The molecule has 27 heavy (non-hydrogen) atoms. The van der Waals surface area contributed by atoms with Crippen molar-refractivity contribution in [3.05, 3.63) is 46.5 Å². The van der Waals surface area contributed by atoms with E-state index >= 15 is 0 Å². The van der Waals surface area contributed by atoms with Gasteiger partial charge in [0.2, 0.25) is 0 Å². The molecule has 0 fully saturated rings. The molecular weight excluding hydrogens is 342 g/mol. The van der Waals surface area contributed by atoms with Gasteiger partial charge >= 0.3 is 5.97 Å². The molecule has 1 aromatic rings. The van der Waals surface area contributed by atoms with E-state index < -0.39 is 12.0 Å². The van der Waals surface area contributed by atoms with Gasteiger partial charge in [0.1, 0.15) is 6.04 Å². The van der Waals surface area contributed by atoms with Crippen LogP contribution in [0.4, 0.5) is 0 Å². The summed E-state index contributed by atoms with van der Waals surface area (Å²) < 4.78 is 5.56. The Morgan fingerprint density at radius 1 is 1.19 bits per heavy atom. The number of likely N-dealkylation sites (N-methyl/N-ethyl adjacent to an activating group) is 1. The Balaban J connectivity index is 2.25. The van der Waals surface area contributed by atoms with Gasteiger partial charge in [-0.25, -0.2) is 0 Å². The van der Waals surface area contributed by atoms with Crippen LogP contribution in [0.3, 0.4) is 0 Å². The summed E-state index contributed by atoms with van der Waals surface area (Å²) >= 11 is 0. The normalized spacial score (nSPS) is 23.1. The molecule has 0 saturated carbocycles. The van der Waals surface area contributed by atoms with Crippen LogP contribution in [0.1, 0.15) is 62.4 Å². The van der Waals surface area contributed by atoms with Gasteiger partial charge in [-0.3, -0.25) is 19.3 Å². The topological polar surface area (TPSA) is 63.7 Å². The summed E-state index contributed by atoms with van der Waals surface area (Å²) in [5, 5.41) is 0. The number of carbonyl (C=O) groups is 3. The number of benzene rings is 1. The monoisotopic (exact) mass is 369 g/mol. The summed E-state index contributed by atoms with van der Waals surface area (Å²) in [6.07, 6.45) is 0.343. The summed E-state index contributed by atoms with van der Waals surface area (Å²) in [5.41, 5.74) is 2.97. The van der Waals surface area contributed by atoms with Crippen LogP contribution in [-0.4, -0.2) is 47.7 Å². The number of esters is 1. The maximum atomic E-state index is 13.1. The van der Waals surface area contributed by atoms with E-state index in [-0.39, 0.29) is 30.1 Å². The number of nitrogens with zero attached hydrogens (tertiary/aromatic N) is 1. The molecular formula is C22H27NO4. The summed E-state index contributed by atoms with van der Waals surface area (Å²) in [6, 6.07) is 6.70. The van der Waals surface area contributed by atoms with Crippen LogP contribution in [0.25, 0.3) is 0 Å². The molecule has 0 radical (unpaired) electrons. The number of rotatable bonds is 4. The number of ether oxygens (including phenoxy) is 1. The first-order valence-electron chi connectivity index (χ1n) is 9.70. The molecule has 0 saturated heterocycles. The third kappa shape index (κ3) is 3.48. The second-order valence-electron chi connectivity index (χ2n) is 7.45. The summed E-state index contributed by atoms with van der Waals surface area (Å²) in [4.78, 5) is 40.8. The van der Waals surface area contributed by atoms with Gasteiger partial charge in [0.05, 0.1) is 12.5 Å². The van der Waals surface area contributed by atoms with Gasteiger partial charge < -0.3 is 4.74 Å². The highest BCUT2D eigenvalue weighted by atomic mass is 16.5. The van der Waals surface area contributed by atoms with Crippen molar-refractivity contribution in [3.8, 4) is 0 Å². The highest BCUT2D eigenvalue weighted by Gasteiger charge is 2.47. The molecule has 0 spiro atoms. The van der Waals surface area contributed by atoms with Crippen LogP contribution in [0, 0.1) is 0 Å². The molecule has 2 unspecified atom stereocenters. The zero-order valence-corrected chi connectivity index (χ0v) is 16.5. The number of carbonyl (C=O) groups excluding carboxylic acids is 3. The number of hydrogen-bond donors (Lipinski definition) is 0. The van der Waals surface area contributed by atoms with Crippen molar-refractivity contribution in [1.82, 2.24) is 4.90 Å². The lowest BCUT2D eigenvalue weighted by Gasteiger charge is -2.41. The van der Waals surface area contributed by atoms with E-state index in [0.717, 1.165) is 17.6 Å². The van der Waals surface area contributed by atoms with Crippen molar-refractivity contribution in [2.75, 3.05) is 13.1 Å². The van der Waals surface area contributed by atoms with Crippen molar-refractivity contribution in [2.45, 2.75) is 58.6 Å². The van der Waals surface area contributed by atoms with Gasteiger partial charge in [-0.2, -0.15) is 0 Å². The van der Waals surface area contributed by atoms with Gasteiger partial charge in [-0.15, -0.1) is 0 Å². The average Bonchev–Trinajstić information content (AvgIpc) is 2.75. The van der Waals surface area contributed by atoms with Crippen LogP contribution in [-0.2, 0) is 14.3 Å².